The van der Waals surface area contributed by atoms with Gasteiger partial charge in [-0.15, -0.1) is 0 Å². The molecule has 0 aliphatic carbocycles. The van der Waals surface area contributed by atoms with Gasteiger partial charge in [0.2, 0.25) is 5.88 Å². The summed E-state index contributed by atoms with van der Waals surface area (Å²) in [6.45, 7) is 4.24. The number of aliphatic imine (C=N–C) groups is 1. The predicted octanol–water partition coefficient (Wildman–Crippen LogP) is 2.86. The van der Waals surface area contributed by atoms with Gasteiger partial charge in [-0.3, -0.25) is 0 Å². The van der Waals surface area contributed by atoms with Crippen LogP contribution in [-0.2, 0) is 16.0 Å². The van der Waals surface area contributed by atoms with Crippen LogP contribution >= 0.6 is 0 Å². The lowest BCUT2D eigenvalue weighted by atomic mass is 10.2. The lowest BCUT2D eigenvalue weighted by Gasteiger charge is -2.15. The number of pyridine rings is 1. The van der Waals surface area contributed by atoms with E-state index in [0.717, 1.165) is 35.7 Å². The summed E-state index contributed by atoms with van der Waals surface area (Å²) in [5, 5.41) is 6.69. The maximum Gasteiger partial charge on any atom is 0.213 e. The van der Waals surface area contributed by atoms with Crippen LogP contribution in [0.15, 0.2) is 41.4 Å². The monoisotopic (exact) mass is 444 g/mol. The predicted molar refractivity (Wildman–Crippen MR) is 123 cm³/mol. The largest absolute Gasteiger partial charge is 0.490 e. The molecule has 1 aromatic carbocycles. The normalized spacial score (nSPS) is 13.4. The lowest BCUT2D eigenvalue weighted by molar-refractivity contribution is 0.0699. The molecule has 1 aromatic heterocycles. The van der Waals surface area contributed by atoms with Gasteiger partial charge in [0.1, 0.15) is 0 Å². The molecular formula is C23H32N4O5. The van der Waals surface area contributed by atoms with E-state index in [0.29, 0.717) is 58.0 Å². The van der Waals surface area contributed by atoms with Crippen LogP contribution in [-0.4, -0.2) is 64.7 Å². The smallest absolute Gasteiger partial charge is 0.213 e. The van der Waals surface area contributed by atoms with Gasteiger partial charge < -0.3 is 34.3 Å². The van der Waals surface area contributed by atoms with Crippen molar-refractivity contribution in [2.45, 2.75) is 19.4 Å². The number of methoxy groups -OCH3 is 2. The second kappa shape index (κ2) is 13.4. The zero-order valence-electron chi connectivity index (χ0n) is 18.8. The van der Waals surface area contributed by atoms with Crippen molar-refractivity contribution in [1.82, 2.24) is 10.3 Å². The standard InChI is InChI=1S/C23H32N4O5/c1-28-14-15-30-11-4-10-24-23(25-17-19-6-3-7-22(26-19)29-2)27-18-8-9-20-21(16-18)32-13-5-12-31-20/h3,6-9,16H,4-5,10-15,17H2,1-2H3,(H2,24,25,27). The van der Waals surface area contributed by atoms with Crippen LogP contribution in [0.1, 0.15) is 18.5 Å². The van der Waals surface area contributed by atoms with Crippen molar-refractivity contribution in [2.75, 3.05) is 59.1 Å². The fraction of sp³-hybridized carbons (Fsp3) is 0.478. The minimum absolute atomic E-state index is 0.404. The summed E-state index contributed by atoms with van der Waals surface area (Å²) < 4.78 is 27.2. The molecule has 32 heavy (non-hydrogen) atoms. The van der Waals surface area contributed by atoms with Crippen LogP contribution in [0.25, 0.3) is 0 Å². The minimum atomic E-state index is 0.404. The van der Waals surface area contributed by atoms with Crippen molar-refractivity contribution in [2.24, 2.45) is 4.99 Å². The van der Waals surface area contributed by atoms with Gasteiger partial charge in [0, 0.05) is 44.5 Å². The van der Waals surface area contributed by atoms with Crippen molar-refractivity contribution in [3.63, 3.8) is 0 Å². The van der Waals surface area contributed by atoms with Crippen LogP contribution in [0.2, 0.25) is 0 Å². The van der Waals surface area contributed by atoms with Crippen molar-refractivity contribution >= 4 is 11.6 Å². The fourth-order valence-electron chi connectivity index (χ4n) is 2.96. The number of fused-ring (bicyclic) bond motifs is 1. The van der Waals surface area contributed by atoms with Gasteiger partial charge in [-0.25, -0.2) is 9.98 Å². The Morgan fingerprint density at radius 3 is 2.78 bits per heavy atom. The molecule has 0 unspecified atom stereocenters. The molecule has 3 rings (SSSR count). The molecule has 2 aromatic rings. The van der Waals surface area contributed by atoms with Crippen LogP contribution in [0, 0.1) is 0 Å². The number of ether oxygens (including phenoxy) is 5. The third-order valence-corrected chi connectivity index (χ3v) is 4.59. The quantitative estimate of drug-likeness (QED) is 0.310. The summed E-state index contributed by atoms with van der Waals surface area (Å²) in [5.74, 6) is 2.69. The third-order valence-electron chi connectivity index (χ3n) is 4.59. The first kappa shape index (κ1) is 23.6. The topological polar surface area (TPSA) is 95.5 Å². The van der Waals surface area contributed by atoms with Gasteiger partial charge >= 0.3 is 0 Å². The summed E-state index contributed by atoms with van der Waals surface area (Å²) in [6, 6.07) is 11.4. The number of nitrogens with one attached hydrogen (secondary N) is 2. The Bertz CT molecular complexity index is 862. The Hall–Kier alpha value is -3.04. The molecule has 2 heterocycles. The van der Waals surface area contributed by atoms with E-state index in [1.165, 1.54) is 0 Å². The van der Waals surface area contributed by atoms with Crippen LogP contribution in [0.3, 0.4) is 0 Å². The molecule has 0 spiro atoms. The molecule has 0 saturated heterocycles. The number of anilines is 1. The van der Waals surface area contributed by atoms with E-state index >= 15 is 0 Å². The molecule has 1 aliphatic heterocycles. The van der Waals surface area contributed by atoms with Gasteiger partial charge in [0.15, 0.2) is 17.5 Å². The first-order chi connectivity index (χ1) is 15.8. The Morgan fingerprint density at radius 2 is 1.94 bits per heavy atom. The van der Waals surface area contributed by atoms with Crippen LogP contribution in [0.4, 0.5) is 5.69 Å². The summed E-state index contributed by atoms with van der Waals surface area (Å²) in [7, 11) is 3.26. The maximum atomic E-state index is 5.79. The van der Waals surface area contributed by atoms with Crippen LogP contribution < -0.4 is 24.8 Å². The minimum Gasteiger partial charge on any atom is -0.490 e. The van der Waals surface area contributed by atoms with Gasteiger partial charge in [0.25, 0.3) is 0 Å². The molecule has 0 fully saturated rings. The third kappa shape index (κ3) is 7.90. The lowest BCUT2D eigenvalue weighted by Crippen LogP contribution is -2.32. The van der Waals surface area contributed by atoms with E-state index in [9.17, 15) is 0 Å². The van der Waals surface area contributed by atoms with Gasteiger partial charge in [0.05, 0.1) is 45.8 Å². The molecule has 0 amide bonds. The van der Waals surface area contributed by atoms with Crippen molar-refractivity contribution in [1.29, 1.82) is 0 Å². The van der Waals surface area contributed by atoms with Crippen molar-refractivity contribution < 1.29 is 23.7 Å². The molecule has 174 valence electrons. The summed E-state index contributed by atoms with van der Waals surface area (Å²) in [5.41, 5.74) is 1.67. The Labute approximate surface area is 189 Å². The summed E-state index contributed by atoms with van der Waals surface area (Å²) in [6.07, 6.45) is 1.70. The van der Waals surface area contributed by atoms with Crippen molar-refractivity contribution in [3.05, 3.63) is 42.1 Å². The second-order valence-corrected chi connectivity index (χ2v) is 7.06. The number of hydrogen-bond donors (Lipinski definition) is 2. The number of nitrogens with zero attached hydrogens (tertiary/aromatic N) is 2. The molecule has 1 aliphatic rings. The highest BCUT2D eigenvalue weighted by molar-refractivity contribution is 5.93. The van der Waals surface area contributed by atoms with Gasteiger partial charge in [-0.05, 0) is 24.6 Å². The molecule has 9 heteroatoms. The Morgan fingerprint density at radius 1 is 1.06 bits per heavy atom. The zero-order valence-corrected chi connectivity index (χ0v) is 18.8. The highest BCUT2D eigenvalue weighted by Crippen LogP contribution is 2.32. The average Bonchev–Trinajstić information content (AvgIpc) is 3.07. The maximum absolute atomic E-state index is 5.79. The Balaban J connectivity index is 1.63. The first-order valence-corrected chi connectivity index (χ1v) is 10.8. The molecule has 0 atom stereocenters. The molecule has 0 bridgehead atoms. The number of rotatable bonds is 11. The van der Waals surface area contributed by atoms with E-state index in [1.807, 2.05) is 36.4 Å². The fourth-order valence-corrected chi connectivity index (χ4v) is 2.96. The summed E-state index contributed by atoms with van der Waals surface area (Å²) in [4.78, 5) is 9.11. The zero-order chi connectivity index (χ0) is 22.4. The van der Waals surface area contributed by atoms with E-state index in [1.54, 1.807) is 14.2 Å². The summed E-state index contributed by atoms with van der Waals surface area (Å²) >= 11 is 0. The van der Waals surface area contributed by atoms with E-state index in [4.69, 9.17) is 23.7 Å². The SMILES string of the molecule is COCCOCCCNC(=NCc1cccc(OC)n1)Nc1ccc2c(c1)OCCCO2. The molecule has 0 radical (unpaired) electrons. The van der Waals surface area contributed by atoms with E-state index in [2.05, 4.69) is 20.6 Å². The first-order valence-electron chi connectivity index (χ1n) is 10.8. The molecule has 2 N–H and O–H groups in total. The number of aromatic nitrogens is 1. The molecule has 9 nitrogen and oxygen atoms in total. The number of hydrogen-bond acceptors (Lipinski definition) is 7. The highest BCUT2D eigenvalue weighted by atomic mass is 16.5. The highest BCUT2D eigenvalue weighted by Gasteiger charge is 2.11. The van der Waals surface area contributed by atoms with Gasteiger partial charge in [-0.2, -0.15) is 0 Å². The number of guanidine groups is 1. The van der Waals surface area contributed by atoms with Crippen molar-refractivity contribution in [3.8, 4) is 17.4 Å². The average molecular weight is 445 g/mol. The van der Waals surface area contributed by atoms with E-state index in [-0.39, 0.29) is 0 Å². The van der Waals surface area contributed by atoms with E-state index < -0.39 is 0 Å². The molecule has 0 saturated carbocycles. The van der Waals surface area contributed by atoms with Gasteiger partial charge in [-0.1, -0.05) is 6.07 Å². The van der Waals surface area contributed by atoms with Crippen LogP contribution in [0.5, 0.6) is 17.4 Å². The molecular weight excluding hydrogens is 412 g/mol. The number of benzene rings is 1. The Kier molecular flexibility index (Phi) is 9.88. The second-order valence-electron chi connectivity index (χ2n) is 7.06.